The highest BCUT2D eigenvalue weighted by atomic mass is 19.1. The minimum atomic E-state index is -0.858. The van der Waals surface area contributed by atoms with Crippen molar-refractivity contribution in [3.05, 3.63) is 46.9 Å². The molecule has 6 heteroatoms. The van der Waals surface area contributed by atoms with Crippen LogP contribution >= 0.6 is 0 Å². The van der Waals surface area contributed by atoms with Crippen molar-refractivity contribution in [2.45, 2.75) is 45.6 Å². The average Bonchev–Trinajstić information content (AvgIpc) is 2.54. The SMILES string of the molecule is CCCCCCOC(=O)C1=C(C)NC(=O)N[C@H]1c1ccccc1F. The predicted molar refractivity (Wildman–Crippen MR) is 88.6 cm³/mol. The van der Waals surface area contributed by atoms with Gasteiger partial charge in [-0.2, -0.15) is 0 Å². The number of urea groups is 1. The van der Waals surface area contributed by atoms with Crippen molar-refractivity contribution in [3.8, 4) is 0 Å². The Hall–Kier alpha value is -2.37. The van der Waals surface area contributed by atoms with E-state index in [4.69, 9.17) is 4.74 Å². The van der Waals surface area contributed by atoms with E-state index in [9.17, 15) is 14.0 Å². The molecule has 2 N–H and O–H groups in total. The van der Waals surface area contributed by atoms with Crippen LogP contribution in [0.1, 0.15) is 51.1 Å². The number of rotatable bonds is 7. The zero-order valence-electron chi connectivity index (χ0n) is 14.0. The number of ether oxygens (including phenoxy) is 1. The van der Waals surface area contributed by atoms with E-state index in [0.29, 0.717) is 12.3 Å². The van der Waals surface area contributed by atoms with Gasteiger partial charge in [0.25, 0.3) is 0 Å². The van der Waals surface area contributed by atoms with Crippen LogP contribution in [0.4, 0.5) is 9.18 Å². The Bertz CT molecular complexity index is 643. The highest BCUT2D eigenvalue weighted by Gasteiger charge is 2.33. The molecular formula is C18H23FN2O3. The third-order valence-electron chi connectivity index (χ3n) is 3.94. The number of carbonyl (C=O) groups is 2. The predicted octanol–water partition coefficient (Wildman–Crippen LogP) is 3.58. The van der Waals surface area contributed by atoms with Gasteiger partial charge in [0.15, 0.2) is 0 Å². The van der Waals surface area contributed by atoms with Crippen LogP contribution in [0.25, 0.3) is 0 Å². The molecule has 1 aromatic rings. The van der Waals surface area contributed by atoms with Crippen LogP contribution in [0.2, 0.25) is 0 Å². The van der Waals surface area contributed by atoms with Crippen LogP contribution in [0.15, 0.2) is 35.5 Å². The molecule has 0 fully saturated rings. The summed E-state index contributed by atoms with van der Waals surface area (Å²) in [5.41, 5.74) is 0.852. The summed E-state index contributed by atoms with van der Waals surface area (Å²) in [5, 5.41) is 5.14. The molecule has 1 heterocycles. The molecule has 0 bridgehead atoms. The van der Waals surface area contributed by atoms with Crippen LogP contribution in [0.3, 0.4) is 0 Å². The van der Waals surface area contributed by atoms with E-state index in [1.807, 2.05) is 0 Å². The van der Waals surface area contributed by atoms with Crippen LogP contribution in [0, 0.1) is 5.82 Å². The number of benzene rings is 1. The number of amides is 2. The lowest BCUT2D eigenvalue weighted by Crippen LogP contribution is -2.45. The van der Waals surface area contributed by atoms with Crippen molar-refractivity contribution in [2.75, 3.05) is 6.61 Å². The Morgan fingerprint density at radius 1 is 1.25 bits per heavy atom. The van der Waals surface area contributed by atoms with Gasteiger partial charge in [0.1, 0.15) is 5.82 Å². The molecule has 5 nitrogen and oxygen atoms in total. The third kappa shape index (κ3) is 4.34. The topological polar surface area (TPSA) is 67.4 Å². The maximum Gasteiger partial charge on any atom is 0.338 e. The van der Waals surface area contributed by atoms with Gasteiger partial charge in [-0.05, 0) is 19.4 Å². The molecule has 0 radical (unpaired) electrons. The fourth-order valence-corrected chi connectivity index (χ4v) is 2.68. The fraction of sp³-hybridized carbons (Fsp3) is 0.444. The van der Waals surface area contributed by atoms with Gasteiger partial charge in [-0.25, -0.2) is 14.0 Å². The molecule has 0 aromatic heterocycles. The molecule has 0 spiro atoms. The highest BCUT2D eigenvalue weighted by molar-refractivity contribution is 5.95. The summed E-state index contributed by atoms with van der Waals surface area (Å²) in [5.74, 6) is -1.02. The van der Waals surface area contributed by atoms with Gasteiger partial charge in [0.05, 0.1) is 18.2 Å². The van der Waals surface area contributed by atoms with Crippen molar-refractivity contribution in [1.82, 2.24) is 10.6 Å². The Kier molecular flexibility index (Phi) is 6.35. The molecule has 2 amide bonds. The minimum absolute atomic E-state index is 0.232. The largest absolute Gasteiger partial charge is 0.462 e. The Morgan fingerprint density at radius 2 is 2.00 bits per heavy atom. The van der Waals surface area contributed by atoms with Crippen molar-refractivity contribution < 1.29 is 18.7 Å². The first-order valence-electron chi connectivity index (χ1n) is 8.24. The first-order valence-corrected chi connectivity index (χ1v) is 8.24. The summed E-state index contributed by atoms with van der Waals surface area (Å²) in [6.45, 7) is 4.03. The average molecular weight is 334 g/mol. The van der Waals surface area contributed by atoms with E-state index < -0.39 is 23.9 Å². The van der Waals surface area contributed by atoms with E-state index in [-0.39, 0.29) is 11.1 Å². The molecule has 0 aliphatic carbocycles. The van der Waals surface area contributed by atoms with Crippen LogP contribution in [-0.2, 0) is 9.53 Å². The van der Waals surface area contributed by atoms with E-state index in [1.54, 1.807) is 25.1 Å². The number of hydrogen-bond acceptors (Lipinski definition) is 3. The molecule has 1 aliphatic rings. The number of nitrogens with one attached hydrogen (secondary N) is 2. The second kappa shape index (κ2) is 8.47. The molecule has 130 valence electrons. The minimum Gasteiger partial charge on any atom is -0.462 e. The van der Waals surface area contributed by atoms with Crippen molar-refractivity contribution >= 4 is 12.0 Å². The Morgan fingerprint density at radius 3 is 2.71 bits per heavy atom. The lowest BCUT2D eigenvalue weighted by molar-refractivity contribution is -0.139. The monoisotopic (exact) mass is 334 g/mol. The standard InChI is InChI=1S/C18H23FN2O3/c1-3-4-5-8-11-24-17(22)15-12(2)20-18(23)21-16(15)13-9-6-7-10-14(13)19/h6-7,9-10,16H,3-5,8,11H2,1-2H3,(H2,20,21,23)/t16-/m0/s1. The lowest BCUT2D eigenvalue weighted by Gasteiger charge is -2.28. The summed E-state index contributed by atoms with van der Waals surface area (Å²) in [6.07, 6.45) is 3.97. The normalized spacial score (nSPS) is 17.3. The quantitative estimate of drug-likeness (QED) is 0.592. The molecule has 24 heavy (non-hydrogen) atoms. The fourth-order valence-electron chi connectivity index (χ4n) is 2.68. The number of halogens is 1. The number of unbranched alkanes of at least 4 members (excludes halogenated alkanes) is 3. The number of allylic oxidation sites excluding steroid dienone is 1. The zero-order chi connectivity index (χ0) is 17.5. The third-order valence-corrected chi connectivity index (χ3v) is 3.94. The second-order valence-corrected chi connectivity index (χ2v) is 5.79. The molecule has 1 atom stereocenters. The summed E-state index contributed by atoms with van der Waals surface area (Å²) in [4.78, 5) is 24.2. The van der Waals surface area contributed by atoms with Gasteiger partial charge in [-0.15, -0.1) is 0 Å². The molecule has 1 aliphatic heterocycles. The molecule has 0 saturated heterocycles. The number of hydrogen-bond donors (Lipinski definition) is 2. The molecular weight excluding hydrogens is 311 g/mol. The summed E-state index contributed by atoms with van der Waals surface area (Å²) in [7, 11) is 0. The lowest BCUT2D eigenvalue weighted by atomic mass is 9.95. The van der Waals surface area contributed by atoms with Crippen LogP contribution in [-0.4, -0.2) is 18.6 Å². The van der Waals surface area contributed by atoms with Crippen LogP contribution < -0.4 is 10.6 Å². The summed E-state index contributed by atoms with van der Waals surface area (Å²) >= 11 is 0. The molecule has 1 aromatic carbocycles. The van der Waals surface area contributed by atoms with Gasteiger partial charge in [0, 0.05) is 11.3 Å². The van der Waals surface area contributed by atoms with E-state index in [1.165, 1.54) is 6.07 Å². The van der Waals surface area contributed by atoms with Crippen molar-refractivity contribution in [3.63, 3.8) is 0 Å². The maximum absolute atomic E-state index is 14.1. The number of esters is 1. The van der Waals surface area contributed by atoms with Gasteiger partial charge < -0.3 is 15.4 Å². The number of carbonyl (C=O) groups excluding carboxylic acids is 2. The molecule has 2 rings (SSSR count). The Labute approximate surface area is 141 Å². The van der Waals surface area contributed by atoms with Gasteiger partial charge in [0.2, 0.25) is 0 Å². The first kappa shape index (κ1) is 18.0. The zero-order valence-corrected chi connectivity index (χ0v) is 14.0. The molecule has 0 saturated carbocycles. The van der Waals surface area contributed by atoms with Crippen molar-refractivity contribution in [2.24, 2.45) is 0 Å². The maximum atomic E-state index is 14.1. The first-order chi connectivity index (χ1) is 11.5. The second-order valence-electron chi connectivity index (χ2n) is 5.79. The van der Waals surface area contributed by atoms with E-state index >= 15 is 0 Å². The highest BCUT2D eigenvalue weighted by Crippen LogP contribution is 2.29. The van der Waals surface area contributed by atoms with E-state index in [0.717, 1.165) is 25.7 Å². The van der Waals surface area contributed by atoms with Crippen molar-refractivity contribution in [1.29, 1.82) is 0 Å². The summed E-state index contributed by atoms with van der Waals surface area (Å²) < 4.78 is 19.4. The Balaban J connectivity index is 2.17. The molecule has 0 unspecified atom stereocenters. The van der Waals surface area contributed by atoms with Gasteiger partial charge in [-0.3, -0.25) is 0 Å². The smallest absolute Gasteiger partial charge is 0.338 e. The van der Waals surface area contributed by atoms with Gasteiger partial charge in [-0.1, -0.05) is 44.4 Å². The summed E-state index contributed by atoms with van der Waals surface area (Å²) in [6, 6.07) is 4.74. The van der Waals surface area contributed by atoms with E-state index in [2.05, 4.69) is 17.6 Å². The van der Waals surface area contributed by atoms with Gasteiger partial charge >= 0.3 is 12.0 Å². The van der Waals surface area contributed by atoms with Crippen LogP contribution in [0.5, 0.6) is 0 Å².